The Kier molecular flexibility index (Phi) is 4.18. The van der Waals surface area contributed by atoms with Crippen LogP contribution in [0, 0.1) is 26.7 Å². The minimum Gasteiger partial charge on any atom is -0.378 e. The van der Waals surface area contributed by atoms with E-state index in [4.69, 9.17) is 4.74 Å². The van der Waals surface area contributed by atoms with Gasteiger partial charge in [0.2, 0.25) is 0 Å². The Morgan fingerprint density at radius 2 is 1.82 bits per heavy atom. The fourth-order valence-electron chi connectivity index (χ4n) is 4.15. The number of rotatable bonds is 3. The number of ketones is 2. The van der Waals surface area contributed by atoms with Gasteiger partial charge in [-0.2, -0.15) is 0 Å². The summed E-state index contributed by atoms with van der Waals surface area (Å²) in [5.74, 6) is -0.508. The highest BCUT2D eigenvalue weighted by Gasteiger charge is 2.44. The van der Waals surface area contributed by atoms with Crippen LogP contribution in [0.2, 0.25) is 0 Å². The zero-order valence-corrected chi connectivity index (χ0v) is 13.6. The van der Waals surface area contributed by atoms with Crippen LogP contribution in [0.5, 0.6) is 0 Å². The van der Waals surface area contributed by atoms with Crippen LogP contribution >= 0.6 is 0 Å². The van der Waals surface area contributed by atoms with Gasteiger partial charge >= 0.3 is 0 Å². The summed E-state index contributed by atoms with van der Waals surface area (Å²) in [6.45, 7) is 6.84. The molecule has 1 aromatic rings. The molecule has 118 valence electrons. The van der Waals surface area contributed by atoms with Gasteiger partial charge in [-0.05, 0) is 56.7 Å². The molecule has 0 amide bonds. The molecule has 1 aliphatic carbocycles. The maximum atomic E-state index is 12.8. The van der Waals surface area contributed by atoms with E-state index in [2.05, 4.69) is 12.1 Å². The Morgan fingerprint density at radius 3 is 2.41 bits per heavy atom. The van der Waals surface area contributed by atoms with Crippen molar-refractivity contribution in [3.05, 3.63) is 34.4 Å². The van der Waals surface area contributed by atoms with Crippen molar-refractivity contribution in [3.63, 3.8) is 0 Å². The predicted octanol–water partition coefficient (Wildman–Crippen LogP) is 3.42. The highest BCUT2D eigenvalue weighted by molar-refractivity contribution is 6.15. The normalized spacial score (nSPS) is 28.6. The second-order valence-corrected chi connectivity index (χ2v) is 6.89. The smallest absolute Gasteiger partial charge is 0.151 e. The van der Waals surface area contributed by atoms with Crippen molar-refractivity contribution in [1.82, 2.24) is 0 Å². The van der Waals surface area contributed by atoms with Gasteiger partial charge < -0.3 is 4.74 Å². The van der Waals surface area contributed by atoms with Crippen molar-refractivity contribution in [2.75, 3.05) is 6.61 Å². The molecule has 3 unspecified atom stereocenters. The summed E-state index contributed by atoms with van der Waals surface area (Å²) < 4.78 is 5.64. The first-order valence-electron chi connectivity index (χ1n) is 8.23. The van der Waals surface area contributed by atoms with E-state index in [0.29, 0.717) is 12.8 Å². The van der Waals surface area contributed by atoms with E-state index in [1.54, 1.807) is 0 Å². The number of carbonyl (C=O) groups is 2. The quantitative estimate of drug-likeness (QED) is 0.803. The molecule has 1 aromatic carbocycles. The Morgan fingerprint density at radius 1 is 1.14 bits per heavy atom. The van der Waals surface area contributed by atoms with E-state index < -0.39 is 5.92 Å². The van der Waals surface area contributed by atoms with Crippen LogP contribution in [-0.4, -0.2) is 24.3 Å². The largest absolute Gasteiger partial charge is 0.378 e. The third-order valence-electron chi connectivity index (χ3n) is 5.05. The number of carbonyl (C=O) groups excluding carboxylic acids is 2. The highest BCUT2D eigenvalue weighted by atomic mass is 16.5. The van der Waals surface area contributed by atoms with E-state index in [1.165, 1.54) is 5.56 Å². The first kappa shape index (κ1) is 15.4. The Labute approximate surface area is 132 Å². The van der Waals surface area contributed by atoms with Gasteiger partial charge in [-0.3, -0.25) is 9.59 Å². The number of aryl methyl sites for hydroxylation is 3. The Hall–Kier alpha value is -1.48. The lowest BCUT2D eigenvalue weighted by Gasteiger charge is -2.17. The van der Waals surface area contributed by atoms with Crippen molar-refractivity contribution in [3.8, 4) is 0 Å². The number of Topliss-reactive ketones (excluding diaryl/α,β-unsaturated/α-hetero) is 2. The van der Waals surface area contributed by atoms with Gasteiger partial charge in [-0.25, -0.2) is 0 Å². The second-order valence-electron chi connectivity index (χ2n) is 6.89. The van der Waals surface area contributed by atoms with Crippen LogP contribution in [0.3, 0.4) is 0 Å². The van der Waals surface area contributed by atoms with Crippen LogP contribution < -0.4 is 0 Å². The monoisotopic (exact) mass is 300 g/mol. The van der Waals surface area contributed by atoms with Crippen molar-refractivity contribution in [2.45, 2.75) is 58.5 Å². The number of benzene rings is 1. The summed E-state index contributed by atoms with van der Waals surface area (Å²) in [5, 5.41) is 0. The molecule has 0 bridgehead atoms. The topological polar surface area (TPSA) is 43.4 Å². The lowest BCUT2D eigenvalue weighted by molar-refractivity contribution is -0.125. The number of hydrogen-bond donors (Lipinski definition) is 0. The first-order valence-corrected chi connectivity index (χ1v) is 8.23. The summed E-state index contributed by atoms with van der Waals surface area (Å²) in [5.41, 5.74) is 4.23. The zero-order valence-electron chi connectivity index (χ0n) is 13.6. The summed E-state index contributed by atoms with van der Waals surface area (Å²) in [7, 11) is 0. The lowest BCUT2D eigenvalue weighted by atomic mass is 9.86. The summed E-state index contributed by atoms with van der Waals surface area (Å²) in [6.07, 6.45) is 3.35. The molecule has 2 fully saturated rings. The summed E-state index contributed by atoms with van der Waals surface area (Å²) >= 11 is 0. The van der Waals surface area contributed by atoms with Gasteiger partial charge in [0.15, 0.2) is 5.78 Å². The van der Waals surface area contributed by atoms with Crippen molar-refractivity contribution >= 4 is 11.6 Å². The van der Waals surface area contributed by atoms with Crippen molar-refractivity contribution < 1.29 is 14.3 Å². The second kappa shape index (κ2) is 5.96. The van der Waals surface area contributed by atoms with Gasteiger partial charge in [-0.1, -0.05) is 17.7 Å². The SMILES string of the molecule is Cc1cc(C)c(C2C(=O)CC(CC3CCCO3)C2=O)c(C)c1. The molecular formula is C19H24O3. The molecule has 3 atom stereocenters. The molecule has 3 nitrogen and oxygen atoms in total. The van der Waals surface area contributed by atoms with E-state index in [-0.39, 0.29) is 23.6 Å². The molecule has 3 rings (SSSR count). The van der Waals surface area contributed by atoms with Crippen molar-refractivity contribution in [2.24, 2.45) is 5.92 Å². The van der Waals surface area contributed by atoms with Gasteiger partial charge in [0.25, 0.3) is 0 Å². The first-order chi connectivity index (χ1) is 10.5. The minimum absolute atomic E-state index is 0.0862. The molecule has 1 aliphatic heterocycles. The van der Waals surface area contributed by atoms with Crippen molar-refractivity contribution in [1.29, 1.82) is 0 Å². The molecule has 3 heteroatoms. The van der Waals surface area contributed by atoms with Crippen LogP contribution in [-0.2, 0) is 14.3 Å². The molecule has 22 heavy (non-hydrogen) atoms. The summed E-state index contributed by atoms with van der Waals surface area (Å²) in [4.78, 5) is 25.3. The van der Waals surface area contributed by atoms with Crippen LogP contribution in [0.4, 0.5) is 0 Å². The molecule has 1 saturated carbocycles. The highest BCUT2D eigenvalue weighted by Crippen LogP contribution is 2.38. The fraction of sp³-hybridized carbons (Fsp3) is 0.579. The van der Waals surface area contributed by atoms with E-state index in [9.17, 15) is 9.59 Å². The number of ether oxygens (including phenoxy) is 1. The molecule has 2 aliphatic rings. The number of hydrogen-bond acceptors (Lipinski definition) is 3. The predicted molar refractivity (Wildman–Crippen MR) is 85.1 cm³/mol. The van der Waals surface area contributed by atoms with Gasteiger partial charge in [0.05, 0.1) is 6.10 Å². The van der Waals surface area contributed by atoms with Gasteiger partial charge in [0.1, 0.15) is 11.7 Å². The van der Waals surface area contributed by atoms with E-state index >= 15 is 0 Å². The molecule has 0 aromatic heterocycles. The van der Waals surface area contributed by atoms with E-state index in [1.807, 2.05) is 20.8 Å². The standard InChI is InChI=1S/C19H24O3/c1-11-7-12(2)17(13(3)8-11)18-16(20)10-14(19(18)21)9-15-5-4-6-22-15/h7-8,14-15,18H,4-6,9-10H2,1-3H3. The van der Waals surface area contributed by atoms with Gasteiger partial charge in [-0.15, -0.1) is 0 Å². The summed E-state index contributed by atoms with van der Waals surface area (Å²) in [6, 6.07) is 4.13. The average Bonchev–Trinajstić information content (AvgIpc) is 3.02. The lowest BCUT2D eigenvalue weighted by Crippen LogP contribution is -2.20. The third kappa shape index (κ3) is 2.74. The molecule has 0 N–H and O–H groups in total. The van der Waals surface area contributed by atoms with E-state index in [0.717, 1.165) is 36.1 Å². The molecule has 0 spiro atoms. The molecule has 1 saturated heterocycles. The molecule has 0 radical (unpaired) electrons. The van der Waals surface area contributed by atoms with Crippen LogP contribution in [0.15, 0.2) is 12.1 Å². The minimum atomic E-state index is -0.549. The zero-order chi connectivity index (χ0) is 15.9. The Balaban J connectivity index is 1.85. The Bertz CT molecular complexity index is 588. The fourth-order valence-corrected chi connectivity index (χ4v) is 4.15. The maximum Gasteiger partial charge on any atom is 0.151 e. The van der Waals surface area contributed by atoms with Crippen LogP contribution in [0.1, 0.15) is 53.9 Å². The average molecular weight is 300 g/mol. The molecular weight excluding hydrogens is 276 g/mol. The van der Waals surface area contributed by atoms with Gasteiger partial charge in [0, 0.05) is 18.9 Å². The molecule has 1 heterocycles. The third-order valence-corrected chi connectivity index (χ3v) is 5.05. The van der Waals surface area contributed by atoms with Crippen LogP contribution in [0.25, 0.3) is 0 Å². The maximum absolute atomic E-state index is 12.8.